The van der Waals surface area contributed by atoms with E-state index in [1.165, 1.54) is 18.2 Å². The lowest BCUT2D eigenvalue weighted by Crippen LogP contribution is -2.22. The standard InChI is InChI=1S/C13H11BrFNO/c1-9(10-3-2-4-12(15)7-10)16-6-5-11(14)8-13(16)17/h2-9H,1H3. The van der Waals surface area contributed by atoms with Gasteiger partial charge in [0, 0.05) is 16.7 Å². The predicted molar refractivity (Wildman–Crippen MR) is 68.6 cm³/mol. The van der Waals surface area contributed by atoms with E-state index in [0.29, 0.717) is 0 Å². The highest BCUT2D eigenvalue weighted by atomic mass is 79.9. The third-order valence-electron chi connectivity index (χ3n) is 2.66. The molecule has 0 amide bonds. The van der Waals surface area contributed by atoms with Crippen molar-refractivity contribution in [2.75, 3.05) is 0 Å². The second-order valence-corrected chi connectivity index (χ2v) is 4.74. The zero-order valence-electron chi connectivity index (χ0n) is 9.23. The van der Waals surface area contributed by atoms with Gasteiger partial charge in [0.05, 0.1) is 6.04 Å². The van der Waals surface area contributed by atoms with Crippen molar-refractivity contribution in [1.29, 1.82) is 0 Å². The molecule has 4 heteroatoms. The Balaban J connectivity index is 2.44. The minimum absolute atomic E-state index is 0.115. The van der Waals surface area contributed by atoms with Crippen LogP contribution in [0.3, 0.4) is 0 Å². The summed E-state index contributed by atoms with van der Waals surface area (Å²) in [7, 11) is 0. The van der Waals surface area contributed by atoms with Crippen molar-refractivity contribution in [2.45, 2.75) is 13.0 Å². The first-order valence-corrected chi connectivity index (χ1v) is 6.00. The Hall–Kier alpha value is -1.42. The van der Waals surface area contributed by atoms with E-state index >= 15 is 0 Å². The van der Waals surface area contributed by atoms with Crippen molar-refractivity contribution in [3.63, 3.8) is 0 Å². The fourth-order valence-corrected chi connectivity index (χ4v) is 2.03. The average molecular weight is 296 g/mol. The summed E-state index contributed by atoms with van der Waals surface area (Å²) in [5.41, 5.74) is 0.658. The lowest BCUT2D eigenvalue weighted by Gasteiger charge is -2.15. The van der Waals surface area contributed by atoms with Crippen LogP contribution in [-0.4, -0.2) is 4.57 Å². The van der Waals surface area contributed by atoms with E-state index in [1.54, 1.807) is 22.9 Å². The molecule has 1 heterocycles. The molecule has 1 atom stereocenters. The Bertz CT molecular complexity index is 594. The summed E-state index contributed by atoms with van der Waals surface area (Å²) < 4.78 is 15.4. The van der Waals surface area contributed by atoms with Gasteiger partial charge in [0.1, 0.15) is 5.82 Å². The summed E-state index contributed by atoms with van der Waals surface area (Å²) in [6, 6.07) is 9.38. The van der Waals surface area contributed by atoms with E-state index in [-0.39, 0.29) is 17.4 Å². The summed E-state index contributed by atoms with van der Waals surface area (Å²) in [6.45, 7) is 1.87. The van der Waals surface area contributed by atoms with Gasteiger partial charge in [-0.1, -0.05) is 28.1 Å². The van der Waals surface area contributed by atoms with Gasteiger partial charge in [0.25, 0.3) is 5.56 Å². The molecular formula is C13H11BrFNO. The van der Waals surface area contributed by atoms with Crippen molar-refractivity contribution in [1.82, 2.24) is 4.57 Å². The van der Waals surface area contributed by atoms with Gasteiger partial charge in [-0.2, -0.15) is 0 Å². The Morgan fingerprint density at radius 1 is 1.29 bits per heavy atom. The van der Waals surface area contributed by atoms with E-state index in [2.05, 4.69) is 15.9 Å². The Morgan fingerprint density at radius 2 is 2.06 bits per heavy atom. The highest BCUT2D eigenvalue weighted by molar-refractivity contribution is 9.10. The van der Waals surface area contributed by atoms with Crippen LogP contribution in [0.15, 0.2) is 51.9 Å². The van der Waals surface area contributed by atoms with Crippen LogP contribution in [0.4, 0.5) is 4.39 Å². The number of benzene rings is 1. The van der Waals surface area contributed by atoms with Gasteiger partial charge >= 0.3 is 0 Å². The van der Waals surface area contributed by atoms with Gasteiger partial charge in [-0.25, -0.2) is 4.39 Å². The molecule has 0 aliphatic heterocycles. The molecular weight excluding hydrogens is 285 g/mol. The van der Waals surface area contributed by atoms with Gasteiger partial charge < -0.3 is 4.57 Å². The lowest BCUT2D eigenvalue weighted by molar-refractivity contribution is 0.593. The topological polar surface area (TPSA) is 22.0 Å². The van der Waals surface area contributed by atoms with Crippen molar-refractivity contribution in [3.8, 4) is 0 Å². The first kappa shape index (κ1) is 12.0. The van der Waals surface area contributed by atoms with Crippen LogP contribution in [0.1, 0.15) is 18.5 Å². The zero-order chi connectivity index (χ0) is 12.4. The molecule has 0 aliphatic carbocycles. The average Bonchev–Trinajstić information content (AvgIpc) is 2.28. The van der Waals surface area contributed by atoms with Gasteiger partial charge in [-0.05, 0) is 30.7 Å². The maximum absolute atomic E-state index is 13.1. The number of aromatic nitrogens is 1. The molecule has 0 N–H and O–H groups in total. The van der Waals surface area contributed by atoms with E-state index in [9.17, 15) is 9.18 Å². The normalized spacial score (nSPS) is 12.4. The van der Waals surface area contributed by atoms with E-state index in [1.807, 2.05) is 13.0 Å². The Labute approximate surface area is 107 Å². The summed E-state index contributed by atoms with van der Waals surface area (Å²) in [4.78, 5) is 11.8. The van der Waals surface area contributed by atoms with E-state index in [4.69, 9.17) is 0 Å². The molecule has 0 radical (unpaired) electrons. The van der Waals surface area contributed by atoms with Crippen LogP contribution < -0.4 is 5.56 Å². The molecule has 88 valence electrons. The van der Waals surface area contributed by atoms with E-state index in [0.717, 1.165) is 10.0 Å². The second kappa shape index (κ2) is 4.84. The predicted octanol–water partition coefficient (Wildman–Crippen LogP) is 3.36. The monoisotopic (exact) mass is 295 g/mol. The zero-order valence-corrected chi connectivity index (χ0v) is 10.8. The van der Waals surface area contributed by atoms with Crippen LogP contribution in [0.25, 0.3) is 0 Å². The summed E-state index contributed by atoms with van der Waals surface area (Å²) in [5, 5.41) is 0. The molecule has 0 saturated carbocycles. The first-order chi connectivity index (χ1) is 8.08. The van der Waals surface area contributed by atoms with Crippen LogP contribution in [-0.2, 0) is 0 Å². The highest BCUT2D eigenvalue weighted by Crippen LogP contribution is 2.17. The molecule has 1 aromatic carbocycles. The van der Waals surface area contributed by atoms with Crippen molar-refractivity contribution < 1.29 is 4.39 Å². The maximum Gasteiger partial charge on any atom is 0.252 e. The van der Waals surface area contributed by atoms with E-state index < -0.39 is 0 Å². The third kappa shape index (κ3) is 2.64. The van der Waals surface area contributed by atoms with Crippen LogP contribution in [0.2, 0.25) is 0 Å². The number of rotatable bonds is 2. The van der Waals surface area contributed by atoms with Crippen molar-refractivity contribution >= 4 is 15.9 Å². The van der Waals surface area contributed by atoms with Gasteiger partial charge in [-0.3, -0.25) is 4.79 Å². The molecule has 1 aromatic heterocycles. The molecule has 2 nitrogen and oxygen atoms in total. The second-order valence-electron chi connectivity index (χ2n) is 3.82. The SMILES string of the molecule is CC(c1cccc(F)c1)n1ccc(Br)cc1=O. The number of hydrogen-bond donors (Lipinski definition) is 0. The molecule has 2 aromatic rings. The van der Waals surface area contributed by atoms with Crippen LogP contribution in [0, 0.1) is 5.82 Å². The number of nitrogens with zero attached hydrogens (tertiary/aromatic N) is 1. The Morgan fingerprint density at radius 3 is 2.71 bits per heavy atom. The maximum atomic E-state index is 13.1. The number of pyridine rings is 1. The van der Waals surface area contributed by atoms with Crippen LogP contribution in [0.5, 0.6) is 0 Å². The molecule has 0 fully saturated rings. The molecule has 0 aliphatic rings. The number of hydrogen-bond acceptors (Lipinski definition) is 1. The summed E-state index contributed by atoms with van der Waals surface area (Å²) in [6.07, 6.45) is 1.70. The number of halogens is 2. The lowest BCUT2D eigenvalue weighted by atomic mass is 10.1. The largest absolute Gasteiger partial charge is 0.308 e. The van der Waals surface area contributed by atoms with Gasteiger partial charge in [0.2, 0.25) is 0 Å². The highest BCUT2D eigenvalue weighted by Gasteiger charge is 2.09. The molecule has 0 bridgehead atoms. The third-order valence-corrected chi connectivity index (χ3v) is 3.15. The fraction of sp³-hybridized carbons (Fsp3) is 0.154. The van der Waals surface area contributed by atoms with Crippen LogP contribution >= 0.6 is 15.9 Å². The van der Waals surface area contributed by atoms with Gasteiger partial charge in [-0.15, -0.1) is 0 Å². The quantitative estimate of drug-likeness (QED) is 0.833. The smallest absolute Gasteiger partial charge is 0.252 e. The minimum Gasteiger partial charge on any atom is -0.308 e. The van der Waals surface area contributed by atoms with Gasteiger partial charge in [0.15, 0.2) is 0 Å². The molecule has 0 spiro atoms. The molecule has 0 saturated heterocycles. The van der Waals surface area contributed by atoms with Crippen molar-refractivity contribution in [2.24, 2.45) is 0 Å². The van der Waals surface area contributed by atoms with Crippen molar-refractivity contribution in [3.05, 3.63) is 68.8 Å². The molecule has 17 heavy (non-hydrogen) atoms. The fourth-order valence-electron chi connectivity index (χ4n) is 1.71. The summed E-state index contributed by atoms with van der Waals surface area (Å²) >= 11 is 3.24. The minimum atomic E-state index is -0.292. The molecule has 1 unspecified atom stereocenters. The molecule has 2 rings (SSSR count). The first-order valence-electron chi connectivity index (χ1n) is 5.21. The Kier molecular flexibility index (Phi) is 3.43. The summed E-state index contributed by atoms with van der Waals surface area (Å²) in [5.74, 6) is -0.292.